The van der Waals surface area contributed by atoms with Gasteiger partial charge in [0.2, 0.25) is 0 Å². The lowest BCUT2D eigenvalue weighted by Gasteiger charge is -2.38. The van der Waals surface area contributed by atoms with Crippen LogP contribution >= 0.6 is 0 Å². The van der Waals surface area contributed by atoms with E-state index in [-0.39, 0.29) is 24.3 Å². The summed E-state index contributed by atoms with van der Waals surface area (Å²) >= 11 is 0. The maximum absolute atomic E-state index is 11.5. The summed E-state index contributed by atoms with van der Waals surface area (Å²) in [5.41, 5.74) is 0.327. The summed E-state index contributed by atoms with van der Waals surface area (Å²) in [7, 11) is 1.44. The smallest absolute Gasteiger partial charge is 0.310 e. The number of benzene rings is 1. The van der Waals surface area contributed by atoms with Gasteiger partial charge in [-0.3, -0.25) is 19.7 Å². The molecule has 0 saturated carbocycles. The lowest BCUT2D eigenvalue weighted by molar-refractivity contribution is -0.384. The number of carboxylic acids is 1. The topological polar surface area (TPSA) is 113 Å². The molecule has 2 rings (SSSR count). The number of carboxylic acid groups (broad SMARTS) is 1. The van der Waals surface area contributed by atoms with Crippen LogP contribution in [0.1, 0.15) is 10.4 Å². The number of anilines is 1. The second kappa shape index (κ2) is 5.16. The fraction of sp³-hybridized carbons (Fsp3) is 0.333. The summed E-state index contributed by atoms with van der Waals surface area (Å²) in [6.45, 7) is 0.463. The number of hydrogen-bond acceptors (Lipinski definition) is 5. The highest BCUT2D eigenvalue weighted by Gasteiger charge is 2.35. The molecule has 0 bridgehead atoms. The van der Waals surface area contributed by atoms with Gasteiger partial charge >= 0.3 is 5.97 Å². The summed E-state index contributed by atoms with van der Waals surface area (Å²) in [6, 6.07) is 4.15. The molecule has 0 aromatic heterocycles. The first-order chi connectivity index (χ1) is 9.43. The van der Waals surface area contributed by atoms with Crippen molar-refractivity contribution in [2.24, 2.45) is 5.92 Å². The summed E-state index contributed by atoms with van der Waals surface area (Å²) in [6.07, 6.45) is 0. The van der Waals surface area contributed by atoms with Crippen molar-refractivity contribution < 1.29 is 19.6 Å². The Hall–Kier alpha value is -2.64. The minimum Gasteiger partial charge on any atom is -0.481 e. The summed E-state index contributed by atoms with van der Waals surface area (Å²) in [5, 5.41) is 22.3. The van der Waals surface area contributed by atoms with E-state index in [1.807, 2.05) is 0 Å². The van der Waals surface area contributed by atoms with E-state index in [1.54, 1.807) is 4.90 Å². The monoisotopic (exact) mass is 279 g/mol. The van der Waals surface area contributed by atoms with Crippen LogP contribution in [-0.2, 0) is 4.79 Å². The predicted octanol–water partition coefficient (Wildman–Crippen LogP) is 0.475. The molecule has 1 aliphatic rings. The van der Waals surface area contributed by atoms with Gasteiger partial charge in [-0.2, -0.15) is 0 Å². The number of nitrogens with one attached hydrogen (secondary N) is 1. The van der Waals surface area contributed by atoms with Gasteiger partial charge in [-0.05, 0) is 12.1 Å². The maximum Gasteiger partial charge on any atom is 0.310 e. The highest BCUT2D eigenvalue weighted by atomic mass is 16.6. The molecule has 0 atom stereocenters. The molecule has 106 valence electrons. The molecule has 0 spiro atoms. The zero-order chi connectivity index (χ0) is 14.9. The third-order valence-electron chi connectivity index (χ3n) is 3.23. The number of nitro benzene ring substituents is 1. The van der Waals surface area contributed by atoms with Crippen molar-refractivity contribution in [1.29, 1.82) is 0 Å². The molecule has 1 fully saturated rings. The molecule has 8 nitrogen and oxygen atoms in total. The number of nitro groups is 1. The van der Waals surface area contributed by atoms with Gasteiger partial charge in [-0.25, -0.2) is 0 Å². The number of aliphatic carboxylic acids is 1. The highest BCUT2D eigenvalue weighted by molar-refractivity contribution is 5.95. The van der Waals surface area contributed by atoms with Gasteiger partial charge in [-0.15, -0.1) is 0 Å². The zero-order valence-corrected chi connectivity index (χ0v) is 10.7. The number of hydrogen-bond donors (Lipinski definition) is 2. The van der Waals surface area contributed by atoms with Gasteiger partial charge in [0.25, 0.3) is 11.6 Å². The lowest BCUT2D eigenvalue weighted by Crippen LogP contribution is -2.50. The summed E-state index contributed by atoms with van der Waals surface area (Å²) in [4.78, 5) is 34.3. The largest absolute Gasteiger partial charge is 0.481 e. The summed E-state index contributed by atoms with van der Waals surface area (Å²) in [5.74, 6) is -1.83. The molecule has 1 aromatic carbocycles. The van der Waals surface area contributed by atoms with E-state index in [0.717, 1.165) is 0 Å². The van der Waals surface area contributed by atoms with Crippen molar-refractivity contribution >= 4 is 23.3 Å². The summed E-state index contributed by atoms with van der Waals surface area (Å²) < 4.78 is 0. The number of carbonyl (C=O) groups is 2. The number of nitrogens with zero attached hydrogens (tertiary/aromatic N) is 2. The second-order valence-electron chi connectivity index (χ2n) is 4.48. The molecular formula is C12H13N3O5. The quantitative estimate of drug-likeness (QED) is 0.612. The van der Waals surface area contributed by atoms with Crippen molar-refractivity contribution in [2.75, 3.05) is 25.0 Å². The normalized spacial score (nSPS) is 14.6. The van der Waals surface area contributed by atoms with Crippen LogP contribution < -0.4 is 10.2 Å². The molecule has 1 aliphatic heterocycles. The van der Waals surface area contributed by atoms with E-state index < -0.39 is 22.7 Å². The van der Waals surface area contributed by atoms with Gasteiger partial charge in [0, 0.05) is 31.8 Å². The molecule has 0 radical (unpaired) electrons. The number of carbonyl (C=O) groups excluding carboxylic acids is 1. The fourth-order valence-corrected chi connectivity index (χ4v) is 2.05. The molecular weight excluding hydrogens is 266 g/mol. The molecule has 8 heteroatoms. The molecule has 0 aliphatic carbocycles. The Kier molecular flexibility index (Phi) is 3.55. The van der Waals surface area contributed by atoms with E-state index in [1.165, 1.54) is 25.2 Å². The van der Waals surface area contributed by atoms with E-state index in [2.05, 4.69) is 5.32 Å². The van der Waals surface area contributed by atoms with Gasteiger partial charge < -0.3 is 15.3 Å². The van der Waals surface area contributed by atoms with Crippen LogP contribution in [0.2, 0.25) is 0 Å². The van der Waals surface area contributed by atoms with Crippen LogP contribution in [0.5, 0.6) is 0 Å². The van der Waals surface area contributed by atoms with E-state index in [9.17, 15) is 19.7 Å². The SMILES string of the molecule is CNC(=O)c1ccc(N2CC(C(=O)O)C2)c([N+](=O)[O-])c1. The molecule has 0 unspecified atom stereocenters. The fourth-order valence-electron chi connectivity index (χ4n) is 2.05. The van der Waals surface area contributed by atoms with Crippen molar-refractivity contribution in [3.8, 4) is 0 Å². The molecule has 2 N–H and O–H groups in total. The van der Waals surface area contributed by atoms with E-state index >= 15 is 0 Å². The standard InChI is InChI=1S/C12H13N3O5/c1-13-11(16)7-2-3-9(10(4-7)15(19)20)14-5-8(6-14)12(17)18/h2-4,8H,5-6H2,1H3,(H,13,16)(H,17,18). The van der Waals surface area contributed by atoms with Gasteiger partial charge in [-0.1, -0.05) is 0 Å². The zero-order valence-electron chi connectivity index (χ0n) is 10.7. The highest BCUT2D eigenvalue weighted by Crippen LogP contribution is 2.33. The second-order valence-corrected chi connectivity index (χ2v) is 4.48. The van der Waals surface area contributed by atoms with Crippen molar-refractivity contribution in [2.45, 2.75) is 0 Å². The van der Waals surface area contributed by atoms with Gasteiger partial charge in [0.15, 0.2) is 0 Å². The minimum atomic E-state index is -0.911. The Balaban J connectivity index is 2.28. The predicted molar refractivity (Wildman–Crippen MR) is 69.8 cm³/mol. The first kappa shape index (κ1) is 13.8. The Morgan fingerprint density at radius 3 is 2.60 bits per heavy atom. The lowest BCUT2D eigenvalue weighted by atomic mass is 9.98. The van der Waals surface area contributed by atoms with Crippen molar-refractivity contribution in [3.05, 3.63) is 33.9 Å². The molecule has 1 aromatic rings. The van der Waals surface area contributed by atoms with Gasteiger partial charge in [0.05, 0.1) is 10.8 Å². The minimum absolute atomic E-state index is 0.193. The maximum atomic E-state index is 11.5. The number of rotatable bonds is 4. The van der Waals surface area contributed by atoms with Crippen LogP contribution in [0, 0.1) is 16.0 Å². The van der Waals surface area contributed by atoms with Crippen LogP contribution in [0.25, 0.3) is 0 Å². The number of amides is 1. The molecule has 20 heavy (non-hydrogen) atoms. The Bertz CT molecular complexity index is 580. The van der Waals surface area contributed by atoms with Crippen molar-refractivity contribution in [1.82, 2.24) is 5.32 Å². The van der Waals surface area contributed by atoms with Crippen LogP contribution in [0.3, 0.4) is 0 Å². The van der Waals surface area contributed by atoms with Crippen LogP contribution in [0.15, 0.2) is 18.2 Å². The Morgan fingerprint density at radius 2 is 2.10 bits per heavy atom. The van der Waals surface area contributed by atoms with Crippen LogP contribution in [-0.4, -0.2) is 42.0 Å². The molecule has 1 saturated heterocycles. The average Bonchev–Trinajstić information content (AvgIpc) is 2.35. The van der Waals surface area contributed by atoms with Crippen molar-refractivity contribution in [3.63, 3.8) is 0 Å². The first-order valence-corrected chi connectivity index (χ1v) is 5.92. The Labute approximate surface area is 114 Å². The molecule has 1 heterocycles. The average molecular weight is 279 g/mol. The Morgan fingerprint density at radius 1 is 1.45 bits per heavy atom. The molecule has 1 amide bonds. The first-order valence-electron chi connectivity index (χ1n) is 5.92. The third-order valence-corrected chi connectivity index (χ3v) is 3.23. The van der Waals surface area contributed by atoms with E-state index in [4.69, 9.17) is 5.11 Å². The third kappa shape index (κ3) is 2.40. The van der Waals surface area contributed by atoms with Crippen LogP contribution in [0.4, 0.5) is 11.4 Å². The van der Waals surface area contributed by atoms with Gasteiger partial charge in [0.1, 0.15) is 5.69 Å². The van der Waals surface area contributed by atoms with E-state index in [0.29, 0.717) is 5.69 Å².